The number of H-pyrrole nitrogens is 1. The lowest BCUT2D eigenvalue weighted by molar-refractivity contribution is -0.118. The van der Waals surface area contributed by atoms with Gasteiger partial charge >= 0.3 is 0 Å². The van der Waals surface area contributed by atoms with Gasteiger partial charge in [-0.25, -0.2) is 0 Å². The van der Waals surface area contributed by atoms with E-state index in [1.807, 2.05) is 24.4 Å². The van der Waals surface area contributed by atoms with Gasteiger partial charge in [-0.05, 0) is 30.9 Å². The number of carbonyl (C=O) groups excluding carboxylic acids is 1. The Labute approximate surface area is 143 Å². The molecule has 0 aliphatic heterocycles. The van der Waals surface area contributed by atoms with Crippen molar-refractivity contribution in [2.45, 2.75) is 30.4 Å². The van der Waals surface area contributed by atoms with Crippen LogP contribution in [0.5, 0.6) is 0 Å². The zero-order valence-corrected chi connectivity index (χ0v) is 13.9. The number of hydrogen-bond acceptors (Lipinski definition) is 5. The molecular weight excluding hydrogens is 324 g/mol. The van der Waals surface area contributed by atoms with Crippen LogP contribution in [0.25, 0.3) is 10.9 Å². The van der Waals surface area contributed by atoms with Crippen LogP contribution in [0.15, 0.2) is 40.1 Å². The highest BCUT2D eigenvalue weighted by Gasteiger charge is 2.29. The number of hydrogen-bond donors (Lipinski definition) is 2. The average Bonchev–Trinajstić information content (AvgIpc) is 3.20. The van der Waals surface area contributed by atoms with E-state index in [1.54, 1.807) is 0 Å². The molecule has 1 fully saturated rings. The first-order valence-corrected chi connectivity index (χ1v) is 9.06. The van der Waals surface area contributed by atoms with Gasteiger partial charge in [0.05, 0.1) is 5.75 Å². The lowest BCUT2D eigenvalue weighted by Crippen LogP contribution is -2.27. The Bertz CT molecular complexity index is 853. The van der Waals surface area contributed by atoms with E-state index in [0.717, 1.165) is 24.8 Å². The van der Waals surface area contributed by atoms with Gasteiger partial charge in [-0.2, -0.15) is 0 Å². The second kappa shape index (κ2) is 6.68. The molecule has 124 valence electrons. The molecule has 1 aliphatic rings. The van der Waals surface area contributed by atoms with Crippen molar-refractivity contribution in [2.24, 2.45) is 0 Å². The van der Waals surface area contributed by atoms with Crippen molar-refractivity contribution in [3.63, 3.8) is 0 Å². The predicted octanol–water partition coefficient (Wildman–Crippen LogP) is 2.88. The van der Waals surface area contributed by atoms with Gasteiger partial charge in [0.1, 0.15) is 0 Å². The second-order valence-electron chi connectivity index (χ2n) is 5.93. The lowest BCUT2D eigenvalue weighted by atomic mass is 10.1. The van der Waals surface area contributed by atoms with Gasteiger partial charge in [-0.1, -0.05) is 30.0 Å². The summed E-state index contributed by atoms with van der Waals surface area (Å²) < 4.78 is 5.53. The molecule has 1 amide bonds. The van der Waals surface area contributed by atoms with Gasteiger partial charge in [0.25, 0.3) is 5.22 Å². The number of rotatable bonds is 7. The Morgan fingerprint density at radius 1 is 1.33 bits per heavy atom. The number of para-hydroxylation sites is 1. The van der Waals surface area contributed by atoms with Gasteiger partial charge in [0, 0.05) is 29.6 Å². The number of aromatic amines is 1. The second-order valence-corrected chi connectivity index (χ2v) is 6.86. The van der Waals surface area contributed by atoms with Crippen LogP contribution in [0.4, 0.5) is 0 Å². The van der Waals surface area contributed by atoms with E-state index in [1.165, 1.54) is 22.7 Å². The number of nitrogens with one attached hydrogen (secondary N) is 2. The van der Waals surface area contributed by atoms with Crippen LogP contribution >= 0.6 is 11.8 Å². The molecule has 3 aromatic rings. The van der Waals surface area contributed by atoms with Crippen LogP contribution in [0, 0.1) is 0 Å². The molecule has 2 aromatic heterocycles. The van der Waals surface area contributed by atoms with Crippen molar-refractivity contribution in [3.8, 4) is 0 Å². The van der Waals surface area contributed by atoms with Crippen LogP contribution in [0.3, 0.4) is 0 Å². The maximum atomic E-state index is 11.9. The fourth-order valence-corrected chi connectivity index (χ4v) is 3.23. The molecule has 7 heteroatoms. The number of thioether (sulfide) groups is 1. The Kier molecular flexibility index (Phi) is 4.25. The van der Waals surface area contributed by atoms with Crippen molar-refractivity contribution in [1.29, 1.82) is 0 Å². The molecule has 0 atom stereocenters. The Hall–Kier alpha value is -2.28. The smallest absolute Gasteiger partial charge is 0.277 e. The summed E-state index contributed by atoms with van der Waals surface area (Å²) in [6, 6.07) is 8.17. The molecule has 6 nitrogen and oxygen atoms in total. The van der Waals surface area contributed by atoms with Gasteiger partial charge < -0.3 is 14.7 Å². The SMILES string of the molecule is O=C(CSc1nnc(C2CC2)o1)NCCc1c[nH]c2ccccc12. The quantitative estimate of drug-likeness (QED) is 0.645. The summed E-state index contributed by atoms with van der Waals surface area (Å²) in [6.45, 7) is 0.610. The molecular formula is C17H18N4O2S. The Morgan fingerprint density at radius 3 is 3.08 bits per heavy atom. The van der Waals surface area contributed by atoms with E-state index in [4.69, 9.17) is 4.42 Å². The zero-order valence-electron chi connectivity index (χ0n) is 13.1. The van der Waals surface area contributed by atoms with E-state index < -0.39 is 0 Å². The number of aromatic nitrogens is 3. The molecule has 0 radical (unpaired) electrons. The largest absolute Gasteiger partial charge is 0.416 e. The van der Waals surface area contributed by atoms with Crippen molar-refractivity contribution >= 4 is 28.6 Å². The van der Waals surface area contributed by atoms with Gasteiger partial charge in [0.15, 0.2) is 0 Å². The van der Waals surface area contributed by atoms with E-state index in [-0.39, 0.29) is 5.91 Å². The first kappa shape index (κ1) is 15.3. The van der Waals surface area contributed by atoms with Crippen molar-refractivity contribution in [1.82, 2.24) is 20.5 Å². The summed E-state index contributed by atoms with van der Waals surface area (Å²) in [4.78, 5) is 15.2. The molecule has 24 heavy (non-hydrogen) atoms. The molecule has 1 saturated carbocycles. The maximum Gasteiger partial charge on any atom is 0.277 e. The number of amides is 1. The minimum atomic E-state index is -0.0222. The topological polar surface area (TPSA) is 83.8 Å². The molecule has 0 spiro atoms. The summed E-state index contributed by atoms with van der Waals surface area (Å²) in [7, 11) is 0. The lowest BCUT2D eigenvalue weighted by Gasteiger charge is -2.03. The molecule has 0 saturated heterocycles. The monoisotopic (exact) mass is 342 g/mol. The summed E-state index contributed by atoms with van der Waals surface area (Å²) >= 11 is 1.29. The molecule has 0 unspecified atom stereocenters. The summed E-state index contributed by atoms with van der Waals surface area (Å²) in [5.74, 6) is 1.42. The van der Waals surface area contributed by atoms with Gasteiger partial charge in [0.2, 0.25) is 11.8 Å². The highest BCUT2D eigenvalue weighted by molar-refractivity contribution is 7.99. The summed E-state index contributed by atoms with van der Waals surface area (Å²) in [5, 5.41) is 12.6. The fourth-order valence-electron chi connectivity index (χ4n) is 2.63. The average molecular weight is 342 g/mol. The van der Waals surface area contributed by atoms with Crippen LogP contribution in [0.2, 0.25) is 0 Å². The fraction of sp³-hybridized carbons (Fsp3) is 0.353. The van der Waals surface area contributed by atoms with E-state index in [0.29, 0.717) is 29.3 Å². The standard InChI is InChI=1S/C17H18N4O2S/c22-15(10-24-17-21-20-16(23-17)11-5-6-11)18-8-7-12-9-19-14-4-2-1-3-13(12)14/h1-4,9,11,19H,5-8,10H2,(H,18,22). The number of carbonyl (C=O) groups is 1. The van der Waals surface area contributed by atoms with Gasteiger partial charge in [-0.15, -0.1) is 10.2 Å². The highest BCUT2D eigenvalue weighted by Crippen LogP contribution is 2.39. The third-order valence-electron chi connectivity index (χ3n) is 4.07. The number of fused-ring (bicyclic) bond motifs is 1. The number of benzene rings is 1. The molecule has 2 N–H and O–H groups in total. The van der Waals surface area contributed by atoms with Crippen LogP contribution < -0.4 is 5.32 Å². The maximum absolute atomic E-state index is 11.9. The summed E-state index contributed by atoms with van der Waals surface area (Å²) in [5.41, 5.74) is 2.33. The normalized spacial score (nSPS) is 14.2. The van der Waals surface area contributed by atoms with Crippen molar-refractivity contribution in [2.75, 3.05) is 12.3 Å². The first-order chi connectivity index (χ1) is 11.8. The molecule has 4 rings (SSSR count). The van der Waals surface area contributed by atoms with Crippen LogP contribution in [-0.4, -0.2) is 33.4 Å². The van der Waals surface area contributed by atoms with Crippen LogP contribution in [0.1, 0.15) is 30.2 Å². The van der Waals surface area contributed by atoms with Crippen molar-refractivity contribution in [3.05, 3.63) is 41.9 Å². The number of nitrogens with zero attached hydrogens (tertiary/aromatic N) is 2. The van der Waals surface area contributed by atoms with Crippen LogP contribution in [-0.2, 0) is 11.2 Å². The molecule has 2 heterocycles. The molecule has 0 bridgehead atoms. The summed E-state index contributed by atoms with van der Waals surface area (Å²) in [6.07, 6.45) is 5.05. The molecule has 1 aliphatic carbocycles. The van der Waals surface area contributed by atoms with E-state index in [2.05, 4.69) is 26.6 Å². The first-order valence-electron chi connectivity index (χ1n) is 8.07. The van der Waals surface area contributed by atoms with Gasteiger partial charge in [-0.3, -0.25) is 4.79 Å². The zero-order chi connectivity index (χ0) is 16.4. The predicted molar refractivity (Wildman–Crippen MR) is 92.0 cm³/mol. The van der Waals surface area contributed by atoms with E-state index in [9.17, 15) is 4.79 Å². The third-order valence-corrected chi connectivity index (χ3v) is 4.89. The molecule has 1 aromatic carbocycles. The minimum Gasteiger partial charge on any atom is -0.416 e. The third kappa shape index (κ3) is 3.46. The van der Waals surface area contributed by atoms with E-state index >= 15 is 0 Å². The van der Waals surface area contributed by atoms with Crippen molar-refractivity contribution < 1.29 is 9.21 Å². The Morgan fingerprint density at radius 2 is 2.21 bits per heavy atom. The Balaban J connectivity index is 1.23. The minimum absolute atomic E-state index is 0.0222. The highest BCUT2D eigenvalue weighted by atomic mass is 32.2.